The van der Waals surface area contributed by atoms with Crippen molar-refractivity contribution in [1.82, 2.24) is 4.90 Å². The lowest BCUT2D eigenvalue weighted by Crippen LogP contribution is -2.36. The molecule has 0 saturated carbocycles. The van der Waals surface area contributed by atoms with Gasteiger partial charge in [0.05, 0.1) is 0 Å². The molecule has 1 unspecified atom stereocenters. The van der Waals surface area contributed by atoms with Crippen LogP contribution in [0.3, 0.4) is 0 Å². The molecule has 0 bridgehead atoms. The van der Waals surface area contributed by atoms with E-state index in [1.165, 1.54) is 6.08 Å². The number of nitrogens with zero attached hydrogens (tertiary/aromatic N) is 1. The quantitative estimate of drug-likeness (QED) is 0.693. The number of aliphatic carboxylic acids is 1. The van der Waals surface area contributed by atoms with Crippen LogP contribution in [0.5, 0.6) is 0 Å². The van der Waals surface area contributed by atoms with Gasteiger partial charge in [-0.15, -0.1) is 0 Å². The molecule has 1 atom stereocenters. The third-order valence-corrected chi connectivity index (χ3v) is 3.09. The van der Waals surface area contributed by atoms with Crippen LogP contribution in [-0.4, -0.2) is 46.6 Å². The van der Waals surface area contributed by atoms with Crippen molar-refractivity contribution in [2.24, 2.45) is 0 Å². The molecule has 1 aliphatic rings. The maximum Gasteiger partial charge on any atom is 0.328 e. The summed E-state index contributed by atoms with van der Waals surface area (Å²) in [7, 11) is 0. The van der Waals surface area contributed by atoms with Crippen molar-refractivity contribution in [2.75, 3.05) is 25.4 Å². The molecule has 0 aliphatic carbocycles. The topological polar surface area (TPSA) is 40.5 Å². The predicted molar refractivity (Wildman–Crippen MR) is 55.1 cm³/mol. The predicted octanol–water partition coefficient (Wildman–Crippen LogP) is 1.06. The molecule has 0 spiro atoms. The first-order valence-corrected chi connectivity index (χ1v) is 5.47. The highest BCUT2D eigenvalue weighted by molar-refractivity contribution is 7.99. The molecule has 1 fully saturated rings. The zero-order valence-corrected chi connectivity index (χ0v) is 8.59. The third kappa shape index (κ3) is 4.33. The van der Waals surface area contributed by atoms with E-state index in [4.69, 9.17) is 5.11 Å². The first kappa shape index (κ1) is 10.6. The van der Waals surface area contributed by atoms with E-state index in [2.05, 4.69) is 11.8 Å². The smallest absolute Gasteiger partial charge is 0.328 e. The molecule has 3 nitrogen and oxygen atoms in total. The van der Waals surface area contributed by atoms with Gasteiger partial charge in [0.15, 0.2) is 0 Å². The van der Waals surface area contributed by atoms with Gasteiger partial charge in [0.1, 0.15) is 0 Å². The summed E-state index contributed by atoms with van der Waals surface area (Å²) in [6.45, 7) is 5.10. The van der Waals surface area contributed by atoms with Crippen LogP contribution in [0.15, 0.2) is 12.2 Å². The van der Waals surface area contributed by atoms with Gasteiger partial charge in [-0.1, -0.05) is 13.0 Å². The number of hydrogen-bond donors (Lipinski definition) is 1. The molecule has 1 saturated heterocycles. The summed E-state index contributed by atoms with van der Waals surface area (Å²) < 4.78 is 0. The number of carboxylic acids is 1. The molecule has 1 heterocycles. The molecule has 0 aromatic rings. The van der Waals surface area contributed by atoms with E-state index in [0.717, 1.165) is 25.4 Å². The fourth-order valence-electron chi connectivity index (χ4n) is 1.36. The fraction of sp³-hybridized carbons (Fsp3) is 0.667. The lowest BCUT2D eigenvalue weighted by Gasteiger charge is -2.29. The Morgan fingerprint density at radius 2 is 2.54 bits per heavy atom. The SMILES string of the molecule is CC1CN(C/C=C/C(=O)O)CCS1. The van der Waals surface area contributed by atoms with Crippen LogP contribution in [0, 0.1) is 0 Å². The maximum absolute atomic E-state index is 10.2. The third-order valence-electron chi connectivity index (χ3n) is 1.95. The molecule has 13 heavy (non-hydrogen) atoms. The first-order chi connectivity index (χ1) is 6.18. The van der Waals surface area contributed by atoms with Crippen molar-refractivity contribution in [3.05, 3.63) is 12.2 Å². The van der Waals surface area contributed by atoms with Crippen molar-refractivity contribution in [1.29, 1.82) is 0 Å². The molecule has 0 aromatic carbocycles. The Labute approximate surface area is 82.8 Å². The lowest BCUT2D eigenvalue weighted by atomic mass is 10.3. The van der Waals surface area contributed by atoms with Crippen LogP contribution in [0.2, 0.25) is 0 Å². The fourth-order valence-corrected chi connectivity index (χ4v) is 2.44. The average Bonchev–Trinajstić information content (AvgIpc) is 2.03. The Morgan fingerprint density at radius 1 is 1.77 bits per heavy atom. The highest BCUT2D eigenvalue weighted by Gasteiger charge is 2.14. The van der Waals surface area contributed by atoms with E-state index >= 15 is 0 Å². The van der Waals surface area contributed by atoms with E-state index in [9.17, 15) is 4.79 Å². The van der Waals surface area contributed by atoms with Crippen LogP contribution >= 0.6 is 11.8 Å². The molecule has 1 aliphatic heterocycles. The first-order valence-electron chi connectivity index (χ1n) is 4.42. The Kier molecular flexibility index (Phi) is 4.32. The van der Waals surface area contributed by atoms with Gasteiger partial charge in [-0.05, 0) is 0 Å². The Bertz CT molecular complexity index is 206. The Balaban J connectivity index is 2.24. The summed E-state index contributed by atoms with van der Waals surface area (Å²) in [6, 6.07) is 0. The lowest BCUT2D eigenvalue weighted by molar-refractivity contribution is -0.131. The Hall–Kier alpha value is -0.480. The zero-order chi connectivity index (χ0) is 9.68. The van der Waals surface area contributed by atoms with E-state index < -0.39 is 5.97 Å². The van der Waals surface area contributed by atoms with E-state index in [-0.39, 0.29) is 0 Å². The van der Waals surface area contributed by atoms with Crippen molar-refractivity contribution >= 4 is 17.7 Å². The number of rotatable bonds is 3. The van der Waals surface area contributed by atoms with E-state index in [1.54, 1.807) is 6.08 Å². The van der Waals surface area contributed by atoms with Gasteiger partial charge >= 0.3 is 5.97 Å². The summed E-state index contributed by atoms with van der Waals surface area (Å²) in [5, 5.41) is 9.06. The molecule has 0 radical (unpaired) electrons. The van der Waals surface area contributed by atoms with Crippen molar-refractivity contribution in [3.63, 3.8) is 0 Å². The molecule has 1 rings (SSSR count). The van der Waals surface area contributed by atoms with Crippen LogP contribution in [0.4, 0.5) is 0 Å². The van der Waals surface area contributed by atoms with Crippen molar-refractivity contribution < 1.29 is 9.90 Å². The van der Waals surface area contributed by atoms with Crippen LogP contribution in [0.25, 0.3) is 0 Å². The normalized spacial score (nSPS) is 25.2. The highest BCUT2D eigenvalue weighted by Crippen LogP contribution is 2.17. The minimum absolute atomic E-state index is 0.673. The molecular weight excluding hydrogens is 186 g/mol. The van der Waals surface area contributed by atoms with Crippen LogP contribution < -0.4 is 0 Å². The molecule has 4 heteroatoms. The van der Waals surface area contributed by atoms with Gasteiger partial charge in [0, 0.05) is 36.7 Å². The summed E-state index contributed by atoms with van der Waals surface area (Å²) in [6.07, 6.45) is 2.93. The zero-order valence-electron chi connectivity index (χ0n) is 7.77. The van der Waals surface area contributed by atoms with E-state index in [1.807, 2.05) is 11.8 Å². The standard InChI is InChI=1S/C9H15NO2S/c1-8-7-10(5-6-13-8)4-2-3-9(11)12/h2-3,8H,4-7H2,1H3,(H,11,12)/b3-2+. The number of carbonyl (C=O) groups is 1. The second-order valence-corrected chi connectivity index (χ2v) is 4.73. The molecule has 0 aromatic heterocycles. The van der Waals surface area contributed by atoms with Crippen molar-refractivity contribution in [3.8, 4) is 0 Å². The van der Waals surface area contributed by atoms with Gasteiger partial charge in [-0.25, -0.2) is 4.79 Å². The molecular formula is C9H15NO2S. The van der Waals surface area contributed by atoms with E-state index in [0.29, 0.717) is 5.25 Å². The molecule has 74 valence electrons. The largest absolute Gasteiger partial charge is 0.478 e. The number of thioether (sulfide) groups is 1. The summed E-state index contributed by atoms with van der Waals surface area (Å²) in [5.74, 6) is 0.293. The Morgan fingerprint density at radius 3 is 3.15 bits per heavy atom. The maximum atomic E-state index is 10.2. The summed E-state index contributed by atoms with van der Waals surface area (Å²) >= 11 is 1.98. The monoisotopic (exact) mass is 201 g/mol. The van der Waals surface area contributed by atoms with Gasteiger partial charge in [-0.3, -0.25) is 4.90 Å². The number of hydrogen-bond acceptors (Lipinski definition) is 3. The highest BCUT2D eigenvalue weighted by atomic mass is 32.2. The van der Waals surface area contributed by atoms with Gasteiger partial charge in [0.2, 0.25) is 0 Å². The molecule has 0 amide bonds. The minimum Gasteiger partial charge on any atom is -0.478 e. The van der Waals surface area contributed by atoms with Crippen molar-refractivity contribution in [2.45, 2.75) is 12.2 Å². The van der Waals surface area contributed by atoms with Gasteiger partial charge < -0.3 is 5.11 Å². The average molecular weight is 201 g/mol. The summed E-state index contributed by atoms with van der Waals surface area (Å²) in [5.41, 5.74) is 0. The number of carboxylic acid groups (broad SMARTS) is 1. The second-order valence-electron chi connectivity index (χ2n) is 3.18. The van der Waals surface area contributed by atoms with Crippen LogP contribution in [-0.2, 0) is 4.79 Å². The van der Waals surface area contributed by atoms with Crippen LogP contribution in [0.1, 0.15) is 6.92 Å². The van der Waals surface area contributed by atoms with Gasteiger partial charge in [0.25, 0.3) is 0 Å². The minimum atomic E-state index is -0.862. The van der Waals surface area contributed by atoms with Gasteiger partial charge in [-0.2, -0.15) is 11.8 Å². The second kappa shape index (κ2) is 5.29. The summed E-state index contributed by atoms with van der Waals surface area (Å²) in [4.78, 5) is 12.5. The molecule has 1 N–H and O–H groups in total.